The minimum Gasteiger partial charge on any atom is -0.326 e. The van der Waals surface area contributed by atoms with Crippen LogP contribution in [-0.2, 0) is 4.79 Å². The zero-order valence-electron chi connectivity index (χ0n) is 11.4. The number of anilines is 1. The summed E-state index contributed by atoms with van der Waals surface area (Å²) in [6, 6.07) is 5.86. The monoisotopic (exact) mass is 264 g/mol. The van der Waals surface area contributed by atoms with Gasteiger partial charge in [0.2, 0.25) is 5.91 Å². The van der Waals surface area contributed by atoms with Crippen molar-refractivity contribution in [3.8, 4) is 0 Å². The number of rotatable bonds is 4. The van der Waals surface area contributed by atoms with E-state index < -0.39 is 0 Å². The third-order valence-corrected chi connectivity index (χ3v) is 3.52. The summed E-state index contributed by atoms with van der Waals surface area (Å²) in [5.74, 6) is 0.430. The zero-order valence-corrected chi connectivity index (χ0v) is 11.4. The molecule has 0 saturated carbocycles. The number of piperidine rings is 1. The average Bonchev–Trinajstić information content (AvgIpc) is 2.39. The molecule has 0 unspecified atom stereocenters. The number of hydrogen-bond acceptors (Lipinski definition) is 2. The number of carbonyl (C=O) groups is 1. The lowest BCUT2D eigenvalue weighted by Crippen LogP contribution is -2.36. The third-order valence-electron chi connectivity index (χ3n) is 3.52. The Morgan fingerprint density at radius 2 is 2.16 bits per heavy atom. The molecule has 0 aromatic heterocycles. The van der Waals surface area contributed by atoms with Gasteiger partial charge in [0.05, 0.1) is 0 Å². The van der Waals surface area contributed by atoms with E-state index in [9.17, 15) is 9.18 Å². The maximum absolute atomic E-state index is 12.7. The van der Waals surface area contributed by atoms with E-state index in [2.05, 4.69) is 17.1 Å². The standard InChI is InChI=1S/C15H21FN2O/c1-12-3-2-9-18(11-12)10-8-15(19)17-14-6-4-13(16)5-7-14/h4-7,12H,2-3,8-11H2,1H3,(H,17,19)/t12-/m0/s1. The second kappa shape index (κ2) is 6.66. The van der Waals surface area contributed by atoms with E-state index in [0.717, 1.165) is 25.6 Å². The van der Waals surface area contributed by atoms with Gasteiger partial charge in [0.25, 0.3) is 0 Å². The highest BCUT2D eigenvalue weighted by Crippen LogP contribution is 2.15. The van der Waals surface area contributed by atoms with Gasteiger partial charge < -0.3 is 10.2 Å². The molecule has 1 aliphatic rings. The number of nitrogens with one attached hydrogen (secondary N) is 1. The van der Waals surface area contributed by atoms with Crippen LogP contribution in [0.2, 0.25) is 0 Å². The maximum atomic E-state index is 12.7. The molecule has 1 aromatic carbocycles. The first-order valence-corrected chi connectivity index (χ1v) is 6.91. The van der Waals surface area contributed by atoms with E-state index in [1.54, 1.807) is 12.1 Å². The van der Waals surface area contributed by atoms with Gasteiger partial charge in [-0.25, -0.2) is 4.39 Å². The first-order valence-electron chi connectivity index (χ1n) is 6.91. The van der Waals surface area contributed by atoms with Crippen LogP contribution in [0.25, 0.3) is 0 Å². The second-order valence-electron chi connectivity index (χ2n) is 5.35. The van der Waals surface area contributed by atoms with Crippen molar-refractivity contribution in [2.24, 2.45) is 5.92 Å². The smallest absolute Gasteiger partial charge is 0.225 e. The summed E-state index contributed by atoms with van der Waals surface area (Å²) in [6.07, 6.45) is 3.00. The molecule has 0 bridgehead atoms. The van der Waals surface area contributed by atoms with E-state index in [0.29, 0.717) is 12.1 Å². The number of nitrogens with zero attached hydrogens (tertiary/aromatic N) is 1. The lowest BCUT2D eigenvalue weighted by Gasteiger charge is -2.30. The van der Waals surface area contributed by atoms with Gasteiger partial charge in [-0.2, -0.15) is 0 Å². The van der Waals surface area contributed by atoms with Gasteiger partial charge in [-0.1, -0.05) is 6.92 Å². The predicted octanol–water partition coefficient (Wildman–Crippen LogP) is 2.89. The molecule has 104 valence electrons. The SMILES string of the molecule is C[C@H]1CCCN(CCC(=O)Nc2ccc(F)cc2)C1. The van der Waals surface area contributed by atoms with E-state index in [1.807, 2.05) is 0 Å². The van der Waals surface area contributed by atoms with Crippen molar-refractivity contribution in [1.82, 2.24) is 4.90 Å². The van der Waals surface area contributed by atoms with Crippen molar-refractivity contribution in [3.05, 3.63) is 30.1 Å². The Kier molecular flexibility index (Phi) is 4.91. The van der Waals surface area contributed by atoms with Gasteiger partial charge in [0, 0.05) is 25.2 Å². The van der Waals surface area contributed by atoms with Gasteiger partial charge in [0.1, 0.15) is 5.82 Å². The maximum Gasteiger partial charge on any atom is 0.225 e. The molecule has 4 heteroatoms. The molecule has 1 amide bonds. The van der Waals surface area contributed by atoms with Crippen molar-refractivity contribution >= 4 is 11.6 Å². The zero-order chi connectivity index (χ0) is 13.7. The molecule has 1 fully saturated rings. The Bertz CT molecular complexity index is 419. The van der Waals surface area contributed by atoms with Crippen molar-refractivity contribution in [2.45, 2.75) is 26.2 Å². The van der Waals surface area contributed by atoms with Gasteiger partial charge >= 0.3 is 0 Å². The topological polar surface area (TPSA) is 32.3 Å². The Labute approximate surface area is 113 Å². The fourth-order valence-corrected chi connectivity index (χ4v) is 2.51. The number of likely N-dealkylation sites (tertiary alicyclic amines) is 1. The van der Waals surface area contributed by atoms with Crippen LogP contribution in [0, 0.1) is 11.7 Å². The second-order valence-corrected chi connectivity index (χ2v) is 5.35. The summed E-state index contributed by atoms with van der Waals surface area (Å²) in [7, 11) is 0. The molecule has 0 spiro atoms. The van der Waals surface area contributed by atoms with Crippen LogP contribution in [0.1, 0.15) is 26.2 Å². The lowest BCUT2D eigenvalue weighted by molar-refractivity contribution is -0.116. The van der Waals surface area contributed by atoms with Crippen molar-refractivity contribution in [1.29, 1.82) is 0 Å². The van der Waals surface area contributed by atoms with Crippen LogP contribution < -0.4 is 5.32 Å². The van der Waals surface area contributed by atoms with Crippen LogP contribution in [0.15, 0.2) is 24.3 Å². The van der Waals surface area contributed by atoms with Gasteiger partial charge in [-0.05, 0) is 49.6 Å². The van der Waals surface area contributed by atoms with Crippen LogP contribution in [0.4, 0.5) is 10.1 Å². The molecule has 1 atom stereocenters. The fraction of sp³-hybridized carbons (Fsp3) is 0.533. The first kappa shape index (κ1) is 14.0. The summed E-state index contributed by atoms with van der Waals surface area (Å²) in [4.78, 5) is 14.1. The summed E-state index contributed by atoms with van der Waals surface area (Å²) in [5.41, 5.74) is 0.651. The molecule has 0 radical (unpaired) electrons. The largest absolute Gasteiger partial charge is 0.326 e. The summed E-state index contributed by atoms with van der Waals surface area (Å²) < 4.78 is 12.7. The average molecular weight is 264 g/mol. The van der Waals surface area contributed by atoms with Crippen molar-refractivity contribution in [3.63, 3.8) is 0 Å². The Balaban J connectivity index is 1.73. The molecule has 1 heterocycles. The minimum absolute atomic E-state index is 0.00941. The normalized spacial score (nSPS) is 20.2. The van der Waals surface area contributed by atoms with Crippen LogP contribution in [0.3, 0.4) is 0 Å². The number of benzene rings is 1. The highest BCUT2D eigenvalue weighted by molar-refractivity contribution is 5.90. The third kappa shape index (κ3) is 4.63. The van der Waals surface area contributed by atoms with E-state index in [4.69, 9.17) is 0 Å². The Hall–Kier alpha value is -1.42. The van der Waals surface area contributed by atoms with Crippen molar-refractivity contribution in [2.75, 3.05) is 25.0 Å². The summed E-state index contributed by atoms with van der Waals surface area (Å²) in [5, 5.41) is 2.79. The molecule has 3 nitrogen and oxygen atoms in total. The van der Waals surface area contributed by atoms with Crippen molar-refractivity contribution < 1.29 is 9.18 Å². The van der Waals surface area contributed by atoms with Gasteiger partial charge in [-0.3, -0.25) is 4.79 Å². The molecular formula is C15H21FN2O. The predicted molar refractivity (Wildman–Crippen MR) is 74.5 cm³/mol. The molecule has 1 aliphatic heterocycles. The fourth-order valence-electron chi connectivity index (χ4n) is 2.51. The first-order chi connectivity index (χ1) is 9.13. The Morgan fingerprint density at radius 1 is 1.42 bits per heavy atom. The molecule has 2 rings (SSSR count). The molecule has 19 heavy (non-hydrogen) atoms. The van der Waals surface area contributed by atoms with Gasteiger partial charge in [-0.15, -0.1) is 0 Å². The van der Waals surface area contributed by atoms with Gasteiger partial charge in [0.15, 0.2) is 0 Å². The molecule has 0 aliphatic carbocycles. The number of halogens is 1. The molecular weight excluding hydrogens is 243 g/mol. The number of amides is 1. The highest BCUT2D eigenvalue weighted by atomic mass is 19.1. The van der Waals surface area contributed by atoms with E-state index in [1.165, 1.54) is 25.0 Å². The molecule has 1 N–H and O–H groups in total. The van der Waals surface area contributed by atoms with E-state index in [-0.39, 0.29) is 11.7 Å². The molecule has 1 aromatic rings. The minimum atomic E-state index is -0.291. The van der Waals surface area contributed by atoms with E-state index >= 15 is 0 Å². The lowest BCUT2D eigenvalue weighted by atomic mass is 10.0. The Morgan fingerprint density at radius 3 is 2.84 bits per heavy atom. The summed E-state index contributed by atoms with van der Waals surface area (Å²) >= 11 is 0. The van der Waals surface area contributed by atoms with Crippen LogP contribution in [-0.4, -0.2) is 30.4 Å². The number of carbonyl (C=O) groups excluding carboxylic acids is 1. The number of hydrogen-bond donors (Lipinski definition) is 1. The van der Waals surface area contributed by atoms with Crippen LogP contribution >= 0.6 is 0 Å². The highest BCUT2D eigenvalue weighted by Gasteiger charge is 2.16. The quantitative estimate of drug-likeness (QED) is 0.907. The molecule has 1 saturated heterocycles. The van der Waals surface area contributed by atoms with Crippen LogP contribution in [0.5, 0.6) is 0 Å². The summed E-state index contributed by atoms with van der Waals surface area (Å²) in [6.45, 7) is 5.24.